The molecular weight excluding hydrogens is 334 g/mol. The Bertz CT molecular complexity index is 758. The van der Waals surface area contributed by atoms with Gasteiger partial charge in [-0.2, -0.15) is 0 Å². The number of hydrogen-bond donors (Lipinski definition) is 2. The zero-order chi connectivity index (χ0) is 18.2. The Hall–Kier alpha value is -2.31. The molecule has 2 rings (SSSR count). The fraction of sp³-hybridized carbons (Fsp3) is 0.263. The molecule has 0 amide bonds. The highest BCUT2D eigenvalue weighted by molar-refractivity contribution is 8.13. The van der Waals surface area contributed by atoms with E-state index in [1.165, 1.54) is 11.8 Å². The van der Waals surface area contributed by atoms with Crippen molar-refractivity contribution in [3.8, 4) is 17.4 Å². The van der Waals surface area contributed by atoms with Crippen molar-refractivity contribution in [1.29, 1.82) is 0 Å². The van der Waals surface area contributed by atoms with E-state index < -0.39 is 0 Å². The average molecular weight is 357 g/mol. The van der Waals surface area contributed by atoms with Crippen LogP contribution in [0.25, 0.3) is 6.08 Å². The Morgan fingerprint density at radius 2 is 2.16 bits per heavy atom. The van der Waals surface area contributed by atoms with Crippen molar-refractivity contribution >= 4 is 22.9 Å². The number of phenolic OH excluding ortho intramolecular Hbond substituents is 1. The number of aliphatic imine (C=N–C) groups is 1. The minimum atomic E-state index is 0.0718. The van der Waals surface area contributed by atoms with Gasteiger partial charge in [0.05, 0.1) is 5.04 Å². The van der Waals surface area contributed by atoms with Crippen molar-refractivity contribution in [2.75, 3.05) is 14.1 Å². The van der Waals surface area contributed by atoms with E-state index in [9.17, 15) is 5.11 Å². The Kier molecular flexibility index (Phi) is 7.03. The second-order valence-electron chi connectivity index (χ2n) is 5.44. The first-order chi connectivity index (χ1) is 12.0. The number of rotatable bonds is 6. The molecule has 0 saturated heterocycles. The fourth-order valence-electron chi connectivity index (χ4n) is 1.88. The van der Waals surface area contributed by atoms with Gasteiger partial charge >= 0.3 is 0 Å². The van der Waals surface area contributed by atoms with E-state index in [0.717, 1.165) is 15.5 Å². The molecule has 0 bridgehead atoms. The minimum Gasteiger partial charge on any atom is -0.504 e. The third-order valence-electron chi connectivity index (χ3n) is 3.52. The molecule has 0 aliphatic carbocycles. The number of nitrogens with one attached hydrogen (secondary N) is 1. The van der Waals surface area contributed by atoms with Crippen molar-refractivity contribution < 1.29 is 9.84 Å². The van der Waals surface area contributed by atoms with Gasteiger partial charge in [0, 0.05) is 30.2 Å². The predicted octanol–water partition coefficient (Wildman–Crippen LogP) is 4.34. The lowest BCUT2D eigenvalue weighted by atomic mass is 10.2. The predicted molar refractivity (Wildman–Crippen MR) is 105 cm³/mol. The highest BCUT2D eigenvalue weighted by Gasteiger charge is 2.07. The Morgan fingerprint density at radius 1 is 1.36 bits per heavy atom. The molecule has 1 atom stereocenters. The number of phenols is 1. The summed E-state index contributed by atoms with van der Waals surface area (Å²) >= 11 is 1.49. The average Bonchev–Trinajstić information content (AvgIpc) is 2.62. The molecule has 0 spiro atoms. The summed E-state index contributed by atoms with van der Waals surface area (Å²) < 4.78 is 5.66. The van der Waals surface area contributed by atoms with Gasteiger partial charge in [0.15, 0.2) is 11.5 Å². The smallest absolute Gasteiger partial charge is 0.219 e. The molecule has 0 unspecified atom stereocenters. The van der Waals surface area contributed by atoms with Crippen LogP contribution < -0.4 is 10.1 Å². The second-order valence-corrected chi connectivity index (χ2v) is 6.71. The summed E-state index contributed by atoms with van der Waals surface area (Å²) in [4.78, 5) is 9.27. The van der Waals surface area contributed by atoms with E-state index in [1.54, 1.807) is 31.4 Å². The van der Waals surface area contributed by atoms with Crippen molar-refractivity contribution in [1.82, 2.24) is 10.3 Å². The maximum atomic E-state index is 10.1. The quantitative estimate of drug-likeness (QED) is 0.457. The van der Waals surface area contributed by atoms with Crippen molar-refractivity contribution in [2.45, 2.75) is 24.8 Å². The number of hydrogen-bond acceptors (Lipinski definition) is 6. The molecule has 0 saturated carbocycles. The first kappa shape index (κ1) is 19.0. The standard InChI is InChI=1S/C19H23N3O2S/c1-13(20-3)5-6-15-7-10-19(22-12-15)24-18-9-8-16(11-17(18)23)25-14(2)21-4/h5-13,20,23H,1-4H3/b6-5+,21-14?/t13-/m0/s1. The number of pyridine rings is 1. The fourth-order valence-corrected chi connectivity index (χ4v) is 2.62. The Balaban J connectivity index is 2.05. The Labute approximate surface area is 152 Å². The zero-order valence-corrected chi connectivity index (χ0v) is 15.7. The van der Waals surface area contributed by atoms with Gasteiger partial charge in [0.1, 0.15) is 0 Å². The van der Waals surface area contributed by atoms with Gasteiger partial charge in [-0.15, -0.1) is 0 Å². The van der Waals surface area contributed by atoms with Gasteiger partial charge in [-0.3, -0.25) is 4.99 Å². The van der Waals surface area contributed by atoms with Gasteiger partial charge in [0.25, 0.3) is 0 Å². The second kappa shape index (κ2) is 9.25. The number of nitrogens with zero attached hydrogens (tertiary/aromatic N) is 2. The highest BCUT2D eigenvalue weighted by atomic mass is 32.2. The maximum Gasteiger partial charge on any atom is 0.219 e. The molecule has 0 fully saturated rings. The molecular formula is C19H23N3O2S. The zero-order valence-electron chi connectivity index (χ0n) is 14.9. The molecule has 2 N–H and O–H groups in total. The molecule has 6 heteroatoms. The van der Waals surface area contributed by atoms with Crippen LogP contribution in [0.15, 0.2) is 52.5 Å². The van der Waals surface area contributed by atoms with E-state index in [4.69, 9.17) is 4.74 Å². The van der Waals surface area contributed by atoms with Gasteiger partial charge in [0.2, 0.25) is 5.88 Å². The lowest BCUT2D eigenvalue weighted by Gasteiger charge is -2.08. The topological polar surface area (TPSA) is 66.7 Å². The third kappa shape index (κ3) is 5.92. The third-order valence-corrected chi connectivity index (χ3v) is 4.48. The normalized spacial score (nSPS) is 13.2. The van der Waals surface area contributed by atoms with Gasteiger partial charge in [-0.1, -0.05) is 23.9 Å². The van der Waals surface area contributed by atoms with Crippen molar-refractivity contribution in [2.24, 2.45) is 4.99 Å². The first-order valence-corrected chi connectivity index (χ1v) is 8.77. The van der Waals surface area contributed by atoms with E-state index in [0.29, 0.717) is 17.7 Å². The number of aromatic nitrogens is 1. The van der Waals surface area contributed by atoms with Crippen LogP contribution in [0.5, 0.6) is 17.4 Å². The molecule has 0 aliphatic heterocycles. The maximum absolute atomic E-state index is 10.1. The van der Waals surface area contributed by atoms with Crippen LogP contribution >= 0.6 is 11.8 Å². The highest BCUT2D eigenvalue weighted by Crippen LogP contribution is 2.34. The van der Waals surface area contributed by atoms with Gasteiger partial charge in [-0.05, 0) is 50.7 Å². The summed E-state index contributed by atoms with van der Waals surface area (Å²) in [5, 5.41) is 14.2. The SMILES string of the molecule is CN=C(C)Sc1ccc(Oc2ccc(/C=C/[C@H](C)NC)cn2)c(O)c1. The van der Waals surface area contributed by atoms with Crippen LogP contribution in [0.2, 0.25) is 0 Å². The molecule has 132 valence electrons. The summed E-state index contributed by atoms with van der Waals surface area (Å²) in [6.07, 6.45) is 5.79. The van der Waals surface area contributed by atoms with E-state index in [2.05, 4.69) is 28.3 Å². The molecule has 0 aliphatic rings. The van der Waals surface area contributed by atoms with Crippen LogP contribution in [-0.4, -0.2) is 35.3 Å². The van der Waals surface area contributed by atoms with Crippen LogP contribution in [-0.2, 0) is 0 Å². The molecule has 0 radical (unpaired) electrons. The van der Waals surface area contributed by atoms with E-state index in [-0.39, 0.29) is 5.75 Å². The number of benzene rings is 1. The van der Waals surface area contributed by atoms with Gasteiger partial charge < -0.3 is 15.2 Å². The molecule has 5 nitrogen and oxygen atoms in total. The summed E-state index contributed by atoms with van der Waals surface area (Å²) in [5.41, 5.74) is 0.986. The van der Waals surface area contributed by atoms with E-state index >= 15 is 0 Å². The van der Waals surface area contributed by atoms with Crippen LogP contribution in [0, 0.1) is 0 Å². The largest absolute Gasteiger partial charge is 0.504 e. The Morgan fingerprint density at radius 3 is 2.76 bits per heavy atom. The van der Waals surface area contributed by atoms with Crippen molar-refractivity contribution in [3.05, 3.63) is 48.2 Å². The number of ether oxygens (including phenoxy) is 1. The first-order valence-electron chi connectivity index (χ1n) is 7.95. The van der Waals surface area contributed by atoms with Crippen LogP contribution in [0.1, 0.15) is 19.4 Å². The lowest BCUT2D eigenvalue weighted by molar-refractivity contribution is 0.401. The van der Waals surface area contributed by atoms with Crippen LogP contribution in [0.3, 0.4) is 0 Å². The molecule has 25 heavy (non-hydrogen) atoms. The molecule has 1 aromatic heterocycles. The molecule has 1 heterocycles. The summed E-state index contributed by atoms with van der Waals surface area (Å²) in [7, 11) is 3.65. The summed E-state index contributed by atoms with van der Waals surface area (Å²) in [5.74, 6) is 0.873. The monoisotopic (exact) mass is 357 g/mol. The minimum absolute atomic E-state index is 0.0718. The number of thioether (sulfide) groups is 1. The summed E-state index contributed by atoms with van der Waals surface area (Å²) in [6.45, 7) is 3.99. The summed E-state index contributed by atoms with van der Waals surface area (Å²) in [6, 6.07) is 9.26. The van der Waals surface area contributed by atoms with E-state index in [1.807, 2.05) is 32.2 Å². The van der Waals surface area contributed by atoms with Crippen molar-refractivity contribution in [3.63, 3.8) is 0 Å². The number of aromatic hydroxyl groups is 1. The molecule has 2 aromatic rings. The van der Waals surface area contributed by atoms with Crippen LogP contribution in [0.4, 0.5) is 0 Å². The lowest BCUT2D eigenvalue weighted by Crippen LogP contribution is -2.17. The van der Waals surface area contributed by atoms with Gasteiger partial charge in [-0.25, -0.2) is 4.98 Å². The molecule has 1 aromatic carbocycles. The number of likely N-dealkylation sites (N-methyl/N-ethyl adjacent to an activating group) is 1.